The lowest BCUT2D eigenvalue weighted by atomic mass is 10.2. The normalized spacial score (nSPS) is 10.1. The lowest BCUT2D eigenvalue weighted by molar-refractivity contribution is 0.416. The number of methoxy groups -OCH3 is 1. The van der Waals surface area contributed by atoms with E-state index in [2.05, 4.69) is 9.97 Å². The summed E-state index contributed by atoms with van der Waals surface area (Å²) in [5.41, 5.74) is 7.24. The number of rotatable bonds is 3. The van der Waals surface area contributed by atoms with E-state index in [1.807, 2.05) is 24.3 Å². The van der Waals surface area contributed by atoms with E-state index in [0.29, 0.717) is 12.4 Å². The largest absolute Gasteiger partial charge is 0.496 e. The molecule has 0 saturated carbocycles. The van der Waals surface area contributed by atoms with Crippen molar-refractivity contribution in [3.05, 3.63) is 42.2 Å². The molecule has 1 heterocycles. The van der Waals surface area contributed by atoms with Crippen LogP contribution in [0, 0.1) is 0 Å². The molecule has 0 aliphatic heterocycles. The standard InChI is InChI=1S/C12H13N3O/c1-16-11-5-3-2-4-10(11)12-14-7-6-9(8-13)15-12/h2-7H,8,13H2,1H3. The summed E-state index contributed by atoms with van der Waals surface area (Å²) < 4.78 is 5.26. The van der Waals surface area contributed by atoms with Crippen molar-refractivity contribution in [3.8, 4) is 17.1 Å². The Morgan fingerprint density at radius 3 is 2.81 bits per heavy atom. The minimum Gasteiger partial charge on any atom is -0.496 e. The summed E-state index contributed by atoms with van der Waals surface area (Å²) in [6, 6.07) is 9.45. The minimum absolute atomic E-state index is 0.407. The highest BCUT2D eigenvalue weighted by molar-refractivity contribution is 5.63. The molecule has 0 amide bonds. The Kier molecular flexibility index (Phi) is 3.12. The molecular formula is C12H13N3O. The molecule has 0 saturated heterocycles. The van der Waals surface area contributed by atoms with Crippen molar-refractivity contribution in [2.24, 2.45) is 5.73 Å². The summed E-state index contributed by atoms with van der Waals surface area (Å²) in [4.78, 5) is 8.57. The molecule has 0 radical (unpaired) electrons. The number of ether oxygens (including phenoxy) is 1. The van der Waals surface area contributed by atoms with E-state index in [9.17, 15) is 0 Å². The van der Waals surface area contributed by atoms with Crippen LogP contribution in [0.5, 0.6) is 5.75 Å². The second kappa shape index (κ2) is 4.72. The number of hydrogen-bond donors (Lipinski definition) is 1. The molecule has 16 heavy (non-hydrogen) atoms. The zero-order valence-corrected chi connectivity index (χ0v) is 9.05. The van der Waals surface area contributed by atoms with E-state index in [1.165, 1.54) is 0 Å². The van der Waals surface area contributed by atoms with Crippen molar-refractivity contribution in [1.29, 1.82) is 0 Å². The van der Waals surface area contributed by atoms with Gasteiger partial charge in [-0.05, 0) is 18.2 Å². The van der Waals surface area contributed by atoms with Gasteiger partial charge in [0.15, 0.2) is 5.82 Å². The van der Waals surface area contributed by atoms with Crippen molar-refractivity contribution < 1.29 is 4.74 Å². The molecule has 0 bridgehead atoms. The van der Waals surface area contributed by atoms with Crippen molar-refractivity contribution in [2.45, 2.75) is 6.54 Å². The van der Waals surface area contributed by atoms with Gasteiger partial charge in [0.2, 0.25) is 0 Å². The number of nitrogens with zero attached hydrogens (tertiary/aromatic N) is 2. The highest BCUT2D eigenvalue weighted by Gasteiger charge is 2.07. The smallest absolute Gasteiger partial charge is 0.163 e. The third kappa shape index (κ3) is 2.01. The van der Waals surface area contributed by atoms with Gasteiger partial charge in [0.1, 0.15) is 5.75 Å². The topological polar surface area (TPSA) is 61.0 Å². The Hall–Kier alpha value is -1.94. The zero-order valence-electron chi connectivity index (χ0n) is 9.05. The quantitative estimate of drug-likeness (QED) is 0.845. The third-order valence-electron chi connectivity index (χ3n) is 2.27. The highest BCUT2D eigenvalue weighted by atomic mass is 16.5. The Morgan fingerprint density at radius 2 is 2.06 bits per heavy atom. The molecule has 1 aromatic carbocycles. The summed E-state index contributed by atoms with van der Waals surface area (Å²) in [6.07, 6.45) is 1.71. The predicted octanol–water partition coefficient (Wildman–Crippen LogP) is 1.61. The Labute approximate surface area is 94.1 Å². The average molecular weight is 215 g/mol. The van der Waals surface area contributed by atoms with Crippen LogP contribution in [0.2, 0.25) is 0 Å². The van der Waals surface area contributed by atoms with Gasteiger partial charge in [-0.2, -0.15) is 0 Å². The first-order valence-corrected chi connectivity index (χ1v) is 5.00. The maximum absolute atomic E-state index is 5.55. The molecule has 2 N–H and O–H groups in total. The van der Waals surface area contributed by atoms with E-state index in [0.717, 1.165) is 17.0 Å². The molecular weight excluding hydrogens is 202 g/mol. The molecule has 0 spiro atoms. The van der Waals surface area contributed by atoms with E-state index < -0.39 is 0 Å². The number of hydrogen-bond acceptors (Lipinski definition) is 4. The van der Waals surface area contributed by atoms with Crippen molar-refractivity contribution in [3.63, 3.8) is 0 Å². The fourth-order valence-corrected chi connectivity index (χ4v) is 1.47. The fraction of sp³-hybridized carbons (Fsp3) is 0.167. The molecule has 0 atom stereocenters. The van der Waals surface area contributed by atoms with Crippen LogP contribution in [0.25, 0.3) is 11.4 Å². The van der Waals surface area contributed by atoms with Crippen LogP contribution in [0.15, 0.2) is 36.5 Å². The van der Waals surface area contributed by atoms with Crippen LogP contribution < -0.4 is 10.5 Å². The Morgan fingerprint density at radius 1 is 1.25 bits per heavy atom. The van der Waals surface area contributed by atoms with Gasteiger partial charge in [-0.15, -0.1) is 0 Å². The van der Waals surface area contributed by atoms with Gasteiger partial charge in [-0.1, -0.05) is 12.1 Å². The van der Waals surface area contributed by atoms with Gasteiger partial charge in [0.25, 0.3) is 0 Å². The molecule has 0 unspecified atom stereocenters. The maximum Gasteiger partial charge on any atom is 0.163 e. The fourth-order valence-electron chi connectivity index (χ4n) is 1.47. The molecule has 2 aromatic rings. The van der Waals surface area contributed by atoms with E-state index in [4.69, 9.17) is 10.5 Å². The Bertz CT molecular complexity index is 485. The first-order chi connectivity index (χ1) is 7.85. The summed E-state index contributed by atoms with van der Waals surface area (Å²) in [6.45, 7) is 0.407. The lowest BCUT2D eigenvalue weighted by Gasteiger charge is -2.07. The van der Waals surface area contributed by atoms with Crippen LogP contribution in [0.1, 0.15) is 5.69 Å². The van der Waals surface area contributed by atoms with Crippen LogP contribution in [0.3, 0.4) is 0 Å². The van der Waals surface area contributed by atoms with Crippen LogP contribution in [-0.2, 0) is 6.54 Å². The van der Waals surface area contributed by atoms with Gasteiger partial charge >= 0.3 is 0 Å². The monoisotopic (exact) mass is 215 g/mol. The molecule has 4 heteroatoms. The van der Waals surface area contributed by atoms with Crippen LogP contribution in [0.4, 0.5) is 0 Å². The van der Waals surface area contributed by atoms with Crippen molar-refractivity contribution in [2.75, 3.05) is 7.11 Å². The number of para-hydroxylation sites is 1. The molecule has 82 valence electrons. The van der Waals surface area contributed by atoms with Gasteiger partial charge in [0.05, 0.1) is 18.4 Å². The minimum atomic E-state index is 0.407. The third-order valence-corrected chi connectivity index (χ3v) is 2.27. The molecule has 2 rings (SSSR count). The van der Waals surface area contributed by atoms with Crippen molar-refractivity contribution >= 4 is 0 Å². The molecule has 0 aliphatic rings. The maximum atomic E-state index is 5.55. The average Bonchev–Trinajstić information content (AvgIpc) is 2.38. The van der Waals surface area contributed by atoms with Crippen LogP contribution >= 0.6 is 0 Å². The SMILES string of the molecule is COc1ccccc1-c1nccc(CN)n1. The first-order valence-electron chi connectivity index (χ1n) is 5.00. The first kappa shape index (κ1) is 10.6. The number of nitrogens with two attached hydrogens (primary N) is 1. The lowest BCUT2D eigenvalue weighted by Crippen LogP contribution is -2.02. The second-order valence-electron chi connectivity index (χ2n) is 3.28. The van der Waals surface area contributed by atoms with Crippen LogP contribution in [-0.4, -0.2) is 17.1 Å². The van der Waals surface area contributed by atoms with Gasteiger partial charge < -0.3 is 10.5 Å². The molecule has 4 nitrogen and oxygen atoms in total. The summed E-state index contributed by atoms with van der Waals surface area (Å²) in [7, 11) is 1.63. The second-order valence-corrected chi connectivity index (χ2v) is 3.28. The summed E-state index contributed by atoms with van der Waals surface area (Å²) in [5.74, 6) is 1.40. The van der Waals surface area contributed by atoms with E-state index in [-0.39, 0.29) is 0 Å². The predicted molar refractivity (Wildman–Crippen MR) is 61.9 cm³/mol. The summed E-state index contributed by atoms with van der Waals surface area (Å²) in [5, 5.41) is 0. The van der Waals surface area contributed by atoms with E-state index >= 15 is 0 Å². The Balaban J connectivity index is 2.49. The van der Waals surface area contributed by atoms with E-state index in [1.54, 1.807) is 19.4 Å². The summed E-state index contributed by atoms with van der Waals surface area (Å²) >= 11 is 0. The molecule has 0 fully saturated rings. The molecule has 1 aromatic heterocycles. The zero-order chi connectivity index (χ0) is 11.4. The van der Waals surface area contributed by atoms with Crippen molar-refractivity contribution in [1.82, 2.24) is 9.97 Å². The van der Waals surface area contributed by atoms with Gasteiger partial charge in [0, 0.05) is 12.7 Å². The highest BCUT2D eigenvalue weighted by Crippen LogP contribution is 2.26. The molecule has 0 aliphatic carbocycles. The number of aromatic nitrogens is 2. The van der Waals surface area contributed by atoms with Gasteiger partial charge in [-0.25, -0.2) is 9.97 Å². The van der Waals surface area contributed by atoms with Gasteiger partial charge in [-0.3, -0.25) is 0 Å². The number of benzene rings is 1.